The molecule has 4 aromatic carbocycles. The molecule has 0 fully saturated rings. The number of aliphatic imine (C=N–C) groups is 1. The zero-order valence-corrected chi connectivity index (χ0v) is 16.5. The van der Waals surface area contributed by atoms with Crippen molar-refractivity contribution in [3.63, 3.8) is 0 Å². The van der Waals surface area contributed by atoms with Crippen LogP contribution in [0.1, 0.15) is 22.8 Å². The molecule has 0 N–H and O–H groups in total. The van der Waals surface area contributed by atoms with Gasteiger partial charge in [0.05, 0.1) is 5.69 Å². The molecule has 0 aliphatic heterocycles. The van der Waals surface area contributed by atoms with Gasteiger partial charge < -0.3 is 4.74 Å². The maximum Gasteiger partial charge on any atom is 0.149 e. The van der Waals surface area contributed by atoms with E-state index in [1.807, 2.05) is 103 Å². The van der Waals surface area contributed by atoms with Gasteiger partial charge >= 0.3 is 0 Å². The normalized spacial score (nSPS) is 12.0. The molecular formula is C26H20ClNO. The first-order valence-corrected chi connectivity index (χ1v) is 9.82. The predicted molar refractivity (Wildman–Crippen MR) is 121 cm³/mol. The summed E-state index contributed by atoms with van der Waals surface area (Å²) in [6, 6.07) is 35.8. The van der Waals surface area contributed by atoms with Crippen molar-refractivity contribution in [3.05, 3.63) is 131 Å². The van der Waals surface area contributed by atoms with Gasteiger partial charge in [-0.3, -0.25) is 4.99 Å². The summed E-state index contributed by atoms with van der Waals surface area (Å²) in [6.07, 6.45) is 1.64. The van der Waals surface area contributed by atoms with Gasteiger partial charge in [-0.1, -0.05) is 72.3 Å². The second kappa shape index (κ2) is 9.22. The highest BCUT2D eigenvalue weighted by Crippen LogP contribution is 2.29. The monoisotopic (exact) mass is 397 g/mol. The summed E-state index contributed by atoms with van der Waals surface area (Å²) in [5, 5.41) is 0.711. The van der Waals surface area contributed by atoms with Crippen molar-refractivity contribution >= 4 is 23.5 Å². The summed E-state index contributed by atoms with van der Waals surface area (Å²) in [5.41, 5.74) is 4.09. The molecule has 3 heteroatoms. The van der Waals surface area contributed by atoms with Gasteiger partial charge in [0.2, 0.25) is 0 Å². The first kappa shape index (κ1) is 19.0. The van der Waals surface area contributed by atoms with Crippen LogP contribution in [0.15, 0.2) is 114 Å². The molecule has 4 rings (SSSR count). The van der Waals surface area contributed by atoms with E-state index in [1.165, 1.54) is 0 Å². The Morgan fingerprint density at radius 3 is 1.90 bits per heavy atom. The average molecular weight is 398 g/mol. The third-order valence-corrected chi connectivity index (χ3v) is 4.78. The molecule has 0 aliphatic carbocycles. The number of rotatable bonds is 6. The zero-order valence-electron chi connectivity index (χ0n) is 15.8. The van der Waals surface area contributed by atoms with Gasteiger partial charge in [-0.05, 0) is 65.2 Å². The highest BCUT2D eigenvalue weighted by molar-refractivity contribution is 6.30. The number of halogens is 1. The molecule has 0 bridgehead atoms. The topological polar surface area (TPSA) is 21.6 Å². The Morgan fingerprint density at radius 2 is 1.24 bits per heavy atom. The summed E-state index contributed by atoms with van der Waals surface area (Å²) < 4.78 is 6.36. The van der Waals surface area contributed by atoms with Crippen LogP contribution in [0.3, 0.4) is 0 Å². The van der Waals surface area contributed by atoms with Crippen molar-refractivity contribution in [2.75, 3.05) is 0 Å². The van der Waals surface area contributed by atoms with Crippen LogP contribution in [0.25, 0.3) is 0 Å². The van der Waals surface area contributed by atoms with Crippen LogP contribution >= 0.6 is 11.6 Å². The molecule has 0 amide bonds. The van der Waals surface area contributed by atoms with Crippen molar-refractivity contribution in [1.82, 2.24) is 0 Å². The predicted octanol–water partition coefficient (Wildman–Crippen LogP) is 7.26. The minimum Gasteiger partial charge on any atom is -0.481 e. The fourth-order valence-corrected chi connectivity index (χ4v) is 3.15. The van der Waals surface area contributed by atoms with Gasteiger partial charge in [-0.2, -0.15) is 0 Å². The Bertz CT molecular complexity index is 1060. The van der Waals surface area contributed by atoms with Crippen LogP contribution in [0, 0.1) is 0 Å². The summed E-state index contributed by atoms with van der Waals surface area (Å²) in [5.74, 6) is 0.797. The number of nitrogens with zero attached hydrogens (tertiary/aromatic N) is 1. The summed E-state index contributed by atoms with van der Waals surface area (Å²) in [7, 11) is 0. The number of benzene rings is 4. The lowest BCUT2D eigenvalue weighted by Gasteiger charge is -2.20. The molecule has 0 heterocycles. The van der Waals surface area contributed by atoms with Crippen LogP contribution in [0.2, 0.25) is 5.02 Å². The van der Waals surface area contributed by atoms with Crippen molar-refractivity contribution < 1.29 is 4.74 Å². The van der Waals surface area contributed by atoms with Gasteiger partial charge in [0.15, 0.2) is 0 Å². The Hall–Kier alpha value is -3.36. The maximum atomic E-state index is 6.36. The Labute approximate surface area is 176 Å². The first-order chi connectivity index (χ1) is 14.3. The lowest BCUT2D eigenvalue weighted by molar-refractivity contribution is 0.247. The molecule has 0 aromatic heterocycles. The smallest absolute Gasteiger partial charge is 0.149 e. The van der Waals surface area contributed by atoms with Gasteiger partial charge in [0.1, 0.15) is 11.9 Å². The lowest BCUT2D eigenvalue weighted by Crippen LogP contribution is -2.09. The van der Waals surface area contributed by atoms with Crippen molar-refractivity contribution in [1.29, 1.82) is 0 Å². The highest BCUT2D eigenvalue weighted by atomic mass is 35.5. The fourth-order valence-electron chi connectivity index (χ4n) is 3.03. The van der Waals surface area contributed by atoms with E-state index in [0.717, 1.165) is 28.1 Å². The van der Waals surface area contributed by atoms with E-state index in [9.17, 15) is 0 Å². The van der Waals surface area contributed by atoms with Crippen LogP contribution in [-0.2, 0) is 0 Å². The molecule has 0 spiro atoms. The standard InChI is InChI=1S/C26H20ClNO/c27-23-15-13-22(14-16-23)26(21-7-3-1-4-8-21)29-25-17-11-20(12-18-25)19-28-24-9-5-2-6-10-24/h1-19,26H. The average Bonchev–Trinajstić information content (AvgIpc) is 2.79. The highest BCUT2D eigenvalue weighted by Gasteiger charge is 2.16. The zero-order chi connectivity index (χ0) is 19.9. The summed E-state index contributed by atoms with van der Waals surface area (Å²) in [4.78, 5) is 4.49. The third kappa shape index (κ3) is 5.13. The number of hydrogen-bond donors (Lipinski definition) is 0. The van der Waals surface area contributed by atoms with E-state index in [2.05, 4.69) is 17.1 Å². The van der Waals surface area contributed by atoms with E-state index in [1.54, 1.807) is 0 Å². The Morgan fingerprint density at radius 1 is 0.655 bits per heavy atom. The number of hydrogen-bond acceptors (Lipinski definition) is 2. The maximum absolute atomic E-state index is 6.36. The number of para-hydroxylation sites is 1. The molecule has 0 saturated carbocycles. The fraction of sp³-hybridized carbons (Fsp3) is 0.0385. The third-order valence-electron chi connectivity index (χ3n) is 4.53. The minimum atomic E-state index is -0.211. The van der Waals surface area contributed by atoms with Crippen LogP contribution in [0.5, 0.6) is 5.75 Å². The summed E-state index contributed by atoms with van der Waals surface area (Å²) in [6.45, 7) is 0. The van der Waals surface area contributed by atoms with Crippen molar-refractivity contribution in [2.45, 2.75) is 6.10 Å². The molecule has 4 aromatic rings. The quantitative estimate of drug-likeness (QED) is 0.314. The SMILES string of the molecule is Clc1ccc(C(Oc2ccc(C=Nc3ccccc3)cc2)c2ccccc2)cc1. The molecule has 0 radical (unpaired) electrons. The van der Waals surface area contributed by atoms with E-state index in [-0.39, 0.29) is 6.10 Å². The van der Waals surface area contributed by atoms with Gasteiger partial charge in [0, 0.05) is 11.2 Å². The van der Waals surface area contributed by atoms with E-state index >= 15 is 0 Å². The number of ether oxygens (including phenoxy) is 1. The second-order valence-corrected chi connectivity index (χ2v) is 7.06. The second-order valence-electron chi connectivity index (χ2n) is 6.62. The Kier molecular flexibility index (Phi) is 6.04. The lowest BCUT2D eigenvalue weighted by atomic mass is 10.0. The van der Waals surface area contributed by atoms with Crippen LogP contribution in [0.4, 0.5) is 5.69 Å². The van der Waals surface area contributed by atoms with E-state index in [4.69, 9.17) is 16.3 Å². The molecule has 142 valence electrons. The molecule has 29 heavy (non-hydrogen) atoms. The largest absolute Gasteiger partial charge is 0.481 e. The molecule has 1 atom stereocenters. The van der Waals surface area contributed by atoms with Crippen LogP contribution in [-0.4, -0.2) is 6.21 Å². The molecular weight excluding hydrogens is 378 g/mol. The van der Waals surface area contributed by atoms with Crippen molar-refractivity contribution in [2.24, 2.45) is 4.99 Å². The van der Waals surface area contributed by atoms with Gasteiger partial charge in [-0.15, -0.1) is 0 Å². The molecule has 2 nitrogen and oxygen atoms in total. The van der Waals surface area contributed by atoms with E-state index < -0.39 is 0 Å². The first-order valence-electron chi connectivity index (χ1n) is 9.44. The minimum absolute atomic E-state index is 0.211. The Balaban J connectivity index is 1.54. The molecule has 1 unspecified atom stereocenters. The molecule has 0 aliphatic rings. The molecule has 0 saturated heterocycles. The summed E-state index contributed by atoms with van der Waals surface area (Å²) >= 11 is 6.06. The van der Waals surface area contributed by atoms with Crippen LogP contribution < -0.4 is 4.74 Å². The van der Waals surface area contributed by atoms with Crippen molar-refractivity contribution in [3.8, 4) is 5.75 Å². The van der Waals surface area contributed by atoms with Gasteiger partial charge in [0.25, 0.3) is 0 Å². The van der Waals surface area contributed by atoms with Gasteiger partial charge in [-0.25, -0.2) is 0 Å². The van der Waals surface area contributed by atoms with E-state index in [0.29, 0.717) is 5.02 Å².